The Morgan fingerprint density at radius 1 is 1.53 bits per heavy atom. The lowest BCUT2D eigenvalue weighted by molar-refractivity contribution is -0.142. The van der Waals surface area contributed by atoms with Gasteiger partial charge in [0.2, 0.25) is 0 Å². The standard InChI is InChI=1S/C14H28N2O3/c1-3-19-12-7-6-10-16(11-12)9-5-4-8-14(2,15)13(17)18/h12H,3-11,15H2,1-2H3,(H,17,18). The van der Waals surface area contributed by atoms with Crippen LogP contribution in [0.2, 0.25) is 0 Å². The van der Waals surface area contributed by atoms with Gasteiger partial charge in [-0.3, -0.25) is 4.79 Å². The minimum Gasteiger partial charge on any atom is -0.480 e. The molecule has 5 nitrogen and oxygen atoms in total. The fourth-order valence-electron chi connectivity index (χ4n) is 2.52. The molecule has 2 atom stereocenters. The molecule has 0 aromatic rings. The highest BCUT2D eigenvalue weighted by Gasteiger charge is 2.27. The van der Waals surface area contributed by atoms with Crippen LogP contribution in [0.5, 0.6) is 0 Å². The highest BCUT2D eigenvalue weighted by Crippen LogP contribution is 2.15. The van der Waals surface area contributed by atoms with Crippen LogP contribution >= 0.6 is 0 Å². The molecule has 0 aliphatic carbocycles. The third-order valence-corrected chi connectivity index (χ3v) is 3.77. The monoisotopic (exact) mass is 272 g/mol. The Balaban J connectivity index is 2.17. The Kier molecular flexibility index (Phi) is 6.75. The zero-order valence-corrected chi connectivity index (χ0v) is 12.2. The number of rotatable bonds is 8. The summed E-state index contributed by atoms with van der Waals surface area (Å²) in [5.41, 5.74) is 4.62. The van der Waals surface area contributed by atoms with Crippen molar-refractivity contribution in [3.8, 4) is 0 Å². The zero-order chi connectivity index (χ0) is 14.3. The average Bonchev–Trinajstić information content (AvgIpc) is 2.35. The van der Waals surface area contributed by atoms with Gasteiger partial charge in [0.05, 0.1) is 6.10 Å². The van der Waals surface area contributed by atoms with Crippen molar-refractivity contribution in [2.24, 2.45) is 5.73 Å². The molecule has 1 fully saturated rings. The van der Waals surface area contributed by atoms with Crippen molar-refractivity contribution in [3.63, 3.8) is 0 Å². The van der Waals surface area contributed by atoms with E-state index in [1.54, 1.807) is 6.92 Å². The number of nitrogens with two attached hydrogens (primary N) is 1. The number of carboxylic acid groups (broad SMARTS) is 1. The lowest BCUT2D eigenvalue weighted by Crippen LogP contribution is -2.45. The third-order valence-electron chi connectivity index (χ3n) is 3.77. The molecule has 1 rings (SSSR count). The smallest absolute Gasteiger partial charge is 0.323 e. The van der Waals surface area contributed by atoms with Gasteiger partial charge in [0.25, 0.3) is 0 Å². The lowest BCUT2D eigenvalue weighted by atomic mass is 9.96. The minimum absolute atomic E-state index is 0.373. The van der Waals surface area contributed by atoms with E-state index in [9.17, 15) is 4.79 Å². The van der Waals surface area contributed by atoms with E-state index in [0.29, 0.717) is 12.5 Å². The average molecular weight is 272 g/mol. The second-order valence-corrected chi connectivity index (χ2v) is 5.70. The first-order valence-corrected chi connectivity index (χ1v) is 7.32. The topological polar surface area (TPSA) is 75.8 Å². The lowest BCUT2D eigenvalue weighted by Gasteiger charge is -2.32. The van der Waals surface area contributed by atoms with Crippen LogP contribution in [-0.2, 0) is 9.53 Å². The van der Waals surface area contributed by atoms with Crippen molar-refractivity contribution < 1.29 is 14.6 Å². The number of ether oxygens (including phenoxy) is 1. The van der Waals surface area contributed by atoms with Gasteiger partial charge in [-0.2, -0.15) is 0 Å². The van der Waals surface area contributed by atoms with E-state index in [4.69, 9.17) is 15.6 Å². The number of likely N-dealkylation sites (tertiary alicyclic amines) is 1. The molecule has 5 heteroatoms. The summed E-state index contributed by atoms with van der Waals surface area (Å²) in [6, 6.07) is 0. The summed E-state index contributed by atoms with van der Waals surface area (Å²) in [5, 5.41) is 8.93. The molecule has 112 valence electrons. The number of aliphatic carboxylic acids is 1. The molecule has 1 saturated heterocycles. The maximum Gasteiger partial charge on any atom is 0.323 e. The second-order valence-electron chi connectivity index (χ2n) is 5.70. The van der Waals surface area contributed by atoms with E-state index >= 15 is 0 Å². The molecule has 0 aromatic heterocycles. The molecule has 0 amide bonds. The molecular weight excluding hydrogens is 244 g/mol. The fraction of sp³-hybridized carbons (Fsp3) is 0.929. The third kappa shape index (κ3) is 5.89. The van der Waals surface area contributed by atoms with E-state index in [0.717, 1.165) is 45.5 Å². The molecule has 0 radical (unpaired) electrons. The van der Waals surface area contributed by atoms with Gasteiger partial charge in [0.1, 0.15) is 5.54 Å². The van der Waals surface area contributed by atoms with E-state index in [1.165, 1.54) is 6.42 Å². The molecule has 2 unspecified atom stereocenters. The Labute approximate surface area is 116 Å². The van der Waals surface area contributed by atoms with Crippen LogP contribution in [0, 0.1) is 0 Å². The summed E-state index contributed by atoms with van der Waals surface area (Å²) in [5.74, 6) is -0.915. The van der Waals surface area contributed by atoms with E-state index in [2.05, 4.69) is 4.90 Å². The van der Waals surface area contributed by atoms with Gasteiger partial charge in [-0.25, -0.2) is 0 Å². The minimum atomic E-state index is -1.09. The number of unbranched alkanes of at least 4 members (excludes halogenated alkanes) is 1. The largest absolute Gasteiger partial charge is 0.480 e. The van der Waals surface area contributed by atoms with Crippen LogP contribution in [-0.4, -0.2) is 53.9 Å². The molecule has 0 aromatic carbocycles. The Hall–Kier alpha value is -0.650. The van der Waals surface area contributed by atoms with Gasteiger partial charge in [0, 0.05) is 13.2 Å². The number of hydrogen-bond acceptors (Lipinski definition) is 4. The quantitative estimate of drug-likeness (QED) is 0.654. The molecule has 3 N–H and O–H groups in total. The van der Waals surface area contributed by atoms with Gasteiger partial charge >= 0.3 is 5.97 Å². The highest BCUT2D eigenvalue weighted by molar-refractivity contribution is 5.77. The fourth-order valence-corrected chi connectivity index (χ4v) is 2.52. The maximum atomic E-state index is 10.9. The Morgan fingerprint density at radius 3 is 2.89 bits per heavy atom. The Bertz CT molecular complexity index is 280. The number of hydrogen-bond donors (Lipinski definition) is 2. The molecule has 1 heterocycles. The maximum absolute atomic E-state index is 10.9. The highest BCUT2D eigenvalue weighted by atomic mass is 16.5. The first-order valence-electron chi connectivity index (χ1n) is 7.32. The van der Waals surface area contributed by atoms with Gasteiger partial charge in [0.15, 0.2) is 0 Å². The molecule has 0 bridgehead atoms. The van der Waals surface area contributed by atoms with E-state index < -0.39 is 11.5 Å². The summed E-state index contributed by atoms with van der Waals surface area (Å²) in [7, 11) is 0. The predicted molar refractivity (Wildman–Crippen MR) is 75.2 cm³/mol. The van der Waals surface area contributed by atoms with Crippen molar-refractivity contribution in [2.45, 2.75) is 57.6 Å². The molecular formula is C14H28N2O3. The summed E-state index contributed by atoms with van der Waals surface area (Å²) >= 11 is 0. The van der Waals surface area contributed by atoms with Crippen molar-refractivity contribution in [1.82, 2.24) is 4.90 Å². The first kappa shape index (κ1) is 16.4. The normalized spacial score (nSPS) is 24.1. The number of carboxylic acids is 1. The van der Waals surface area contributed by atoms with E-state index in [1.807, 2.05) is 6.92 Å². The number of carbonyl (C=O) groups is 1. The first-order chi connectivity index (χ1) is 8.95. The van der Waals surface area contributed by atoms with Crippen LogP contribution in [0.25, 0.3) is 0 Å². The Morgan fingerprint density at radius 2 is 2.26 bits per heavy atom. The summed E-state index contributed by atoms with van der Waals surface area (Å²) < 4.78 is 5.67. The SMILES string of the molecule is CCOC1CCCN(CCCCC(C)(N)C(=O)O)C1. The van der Waals surface area contributed by atoms with Crippen LogP contribution in [0.15, 0.2) is 0 Å². The predicted octanol–water partition coefficient (Wildman–Crippen LogP) is 1.46. The van der Waals surface area contributed by atoms with Gasteiger partial charge in [-0.05, 0) is 59.0 Å². The van der Waals surface area contributed by atoms with E-state index in [-0.39, 0.29) is 0 Å². The number of piperidine rings is 1. The molecule has 0 saturated carbocycles. The molecule has 1 aliphatic heterocycles. The number of nitrogens with zero attached hydrogens (tertiary/aromatic N) is 1. The molecule has 19 heavy (non-hydrogen) atoms. The zero-order valence-electron chi connectivity index (χ0n) is 12.2. The van der Waals surface area contributed by atoms with Crippen LogP contribution in [0.3, 0.4) is 0 Å². The van der Waals surface area contributed by atoms with Crippen molar-refractivity contribution >= 4 is 5.97 Å². The van der Waals surface area contributed by atoms with Crippen molar-refractivity contribution in [2.75, 3.05) is 26.2 Å². The summed E-state index contributed by atoms with van der Waals surface area (Å²) in [4.78, 5) is 13.3. The van der Waals surface area contributed by atoms with Gasteiger partial charge in [-0.15, -0.1) is 0 Å². The van der Waals surface area contributed by atoms with Crippen LogP contribution < -0.4 is 5.73 Å². The van der Waals surface area contributed by atoms with Gasteiger partial charge < -0.3 is 20.5 Å². The summed E-state index contributed by atoms with van der Waals surface area (Å²) in [6.45, 7) is 7.55. The molecule has 1 aliphatic rings. The van der Waals surface area contributed by atoms with Gasteiger partial charge in [-0.1, -0.05) is 0 Å². The molecule has 0 spiro atoms. The van der Waals surface area contributed by atoms with Crippen molar-refractivity contribution in [3.05, 3.63) is 0 Å². The second kappa shape index (κ2) is 7.82. The van der Waals surface area contributed by atoms with Crippen LogP contribution in [0.4, 0.5) is 0 Å². The summed E-state index contributed by atoms with van der Waals surface area (Å²) in [6.07, 6.45) is 5.11. The van der Waals surface area contributed by atoms with Crippen LogP contribution in [0.1, 0.15) is 46.0 Å². The van der Waals surface area contributed by atoms with Crippen molar-refractivity contribution in [1.29, 1.82) is 0 Å².